The van der Waals surface area contributed by atoms with Crippen molar-refractivity contribution in [3.8, 4) is 0 Å². The number of aromatic nitrogens is 3. The van der Waals surface area contributed by atoms with E-state index in [-0.39, 0.29) is 5.91 Å². The van der Waals surface area contributed by atoms with Crippen LogP contribution < -0.4 is 5.32 Å². The van der Waals surface area contributed by atoms with Crippen molar-refractivity contribution in [1.29, 1.82) is 0 Å². The monoisotopic (exact) mass is 339 g/mol. The number of amides is 1. The van der Waals surface area contributed by atoms with Gasteiger partial charge in [-0.3, -0.25) is 19.4 Å². The van der Waals surface area contributed by atoms with Crippen molar-refractivity contribution in [2.45, 2.75) is 44.8 Å². The fourth-order valence-electron chi connectivity index (χ4n) is 3.58. The fourth-order valence-corrected chi connectivity index (χ4v) is 3.58. The summed E-state index contributed by atoms with van der Waals surface area (Å²) in [5.41, 5.74) is 2.47. The Balaban J connectivity index is 1.34. The molecular formula is C19H25N5O. The molecule has 4 rings (SSSR count). The largest absolute Gasteiger partial charge is 0.356 e. The number of hydrogen-bond donors (Lipinski definition) is 1. The van der Waals surface area contributed by atoms with Crippen LogP contribution in [0, 0.1) is 5.92 Å². The molecule has 6 heteroatoms. The number of nitrogens with one attached hydrogen (secondary N) is 1. The summed E-state index contributed by atoms with van der Waals surface area (Å²) >= 11 is 0. The van der Waals surface area contributed by atoms with E-state index in [1.807, 2.05) is 24.7 Å². The maximum Gasteiger partial charge on any atom is 0.220 e. The Bertz CT molecular complexity index is 710. The number of fused-ring (bicyclic) bond motifs is 1. The molecule has 2 aliphatic rings. The van der Waals surface area contributed by atoms with Crippen LogP contribution in [0.4, 0.5) is 0 Å². The van der Waals surface area contributed by atoms with Gasteiger partial charge in [0.15, 0.2) is 0 Å². The second-order valence-electron chi connectivity index (χ2n) is 7.24. The number of rotatable bonds is 7. The predicted octanol–water partition coefficient (Wildman–Crippen LogP) is 2.14. The van der Waals surface area contributed by atoms with Crippen LogP contribution in [0.5, 0.6) is 0 Å². The van der Waals surface area contributed by atoms with E-state index < -0.39 is 0 Å². The van der Waals surface area contributed by atoms with E-state index in [1.165, 1.54) is 24.1 Å². The minimum atomic E-state index is 0.200. The van der Waals surface area contributed by atoms with Gasteiger partial charge in [0.25, 0.3) is 0 Å². The van der Waals surface area contributed by atoms with Crippen molar-refractivity contribution >= 4 is 5.91 Å². The van der Waals surface area contributed by atoms with Gasteiger partial charge in [-0.25, -0.2) is 0 Å². The maximum atomic E-state index is 11.9. The van der Waals surface area contributed by atoms with Crippen molar-refractivity contribution in [3.05, 3.63) is 48.0 Å². The van der Waals surface area contributed by atoms with Crippen molar-refractivity contribution in [3.63, 3.8) is 0 Å². The second-order valence-corrected chi connectivity index (χ2v) is 7.24. The molecule has 1 amide bonds. The fraction of sp³-hybridized carbons (Fsp3) is 0.526. The summed E-state index contributed by atoms with van der Waals surface area (Å²) in [4.78, 5) is 18.5. The molecule has 25 heavy (non-hydrogen) atoms. The summed E-state index contributed by atoms with van der Waals surface area (Å²) < 4.78 is 2.13. The van der Waals surface area contributed by atoms with Gasteiger partial charge in [-0.05, 0) is 42.9 Å². The molecule has 1 N–H and O–H groups in total. The van der Waals surface area contributed by atoms with E-state index in [2.05, 4.69) is 37.1 Å². The van der Waals surface area contributed by atoms with Crippen LogP contribution in [0.25, 0.3) is 0 Å². The lowest BCUT2D eigenvalue weighted by Gasteiger charge is -2.34. The zero-order valence-corrected chi connectivity index (χ0v) is 14.5. The Morgan fingerprint density at radius 3 is 3.00 bits per heavy atom. The van der Waals surface area contributed by atoms with E-state index in [9.17, 15) is 4.79 Å². The van der Waals surface area contributed by atoms with E-state index in [0.29, 0.717) is 18.4 Å². The van der Waals surface area contributed by atoms with Gasteiger partial charge < -0.3 is 5.32 Å². The molecule has 1 fully saturated rings. The van der Waals surface area contributed by atoms with Crippen molar-refractivity contribution in [1.82, 2.24) is 25.0 Å². The Kier molecular flexibility index (Phi) is 4.78. The molecule has 2 aromatic heterocycles. The third-order valence-corrected chi connectivity index (χ3v) is 5.05. The van der Waals surface area contributed by atoms with Crippen molar-refractivity contribution < 1.29 is 4.79 Å². The molecule has 132 valence electrons. The average Bonchev–Trinajstić information content (AvgIpc) is 3.29. The summed E-state index contributed by atoms with van der Waals surface area (Å²) in [6.45, 7) is 3.46. The van der Waals surface area contributed by atoms with E-state index >= 15 is 0 Å². The van der Waals surface area contributed by atoms with Crippen molar-refractivity contribution in [2.75, 3.05) is 13.1 Å². The SMILES string of the molecule is O=C(CC1CC1)NCC[C@@H]1CN(Cc2cccnc2)Cc2ccnn21. The van der Waals surface area contributed by atoms with Gasteiger partial charge in [-0.15, -0.1) is 0 Å². The summed E-state index contributed by atoms with van der Waals surface area (Å²) in [6.07, 6.45) is 9.66. The topological polar surface area (TPSA) is 63.1 Å². The zero-order valence-electron chi connectivity index (χ0n) is 14.5. The minimum Gasteiger partial charge on any atom is -0.356 e. The Morgan fingerprint density at radius 2 is 2.20 bits per heavy atom. The van der Waals surface area contributed by atoms with Crippen LogP contribution >= 0.6 is 0 Å². The summed E-state index contributed by atoms with van der Waals surface area (Å²) in [5.74, 6) is 0.841. The number of carbonyl (C=O) groups is 1. The molecule has 1 aliphatic carbocycles. The summed E-state index contributed by atoms with van der Waals surface area (Å²) in [5, 5.41) is 7.58. The molecule has 0 spiro atoms. The summed E-state index contributed by atoms with van der Waals surface area (Å²) in [7, 11) is 0. The molecule has 3 heterocycles. The highest BCUT2D eigenvalue weighted by Gasteiger charge is 2.26. The number of hydrogen-bond acceptors (Lipinski definition) is 4. The Morgan fingerprint density at radius 1 is 1.28 bits per heavy atom. The standard InChI is InChI=1S/C19H25N5O/c25-19(10-15-3-4-15)21-8-5-17-13-23(12-16-2-1-7-20-11-16)14-18-6-9-22-24(17)18/h1-2,6-7,9,11,15,17H,3-5,8,10,12-14H2,(H,21,25)/t17-/m1/s1. The van der Waals surface area contributed by atoms with Gasteiger partial charge >= 0.3 is 0 Å². The van der Waals surface area contributed by atoms with E-state index in [0.717, 1.165) is 32.6 Å². The number of nitrogens with zero attached hydrogens (tertiary/aromatic N) is 4. The van der Waals surface area contributed by atoms with Crippen molar-refractivity contribution in [2.24, 2.45) is 5.92 Å². The first kappa shape index (κ1) is 16.3. The molecule has 0 radical (unpaired) electrons. The molecule has 0 saturated heterocycles. The van der Waals surface area contributed by atoms with Crippen LogP contribution in [-0.4, -0.2) is 38.7 Å². The first-order valence-electron chi connectivity index (χ1n) is 9.18. The smallest absolute Gasteiger partial charge is 0.220 e. The van der Waals surface area contributed by atoms with Crippen LogP contribution in [0.15, 0.2) is 36.8 Å². The molecule has 6 nitrogen and oxygen atoms in total. The average molecular weight is 339 g/mol. The van der Waals surface area contributed by atoms with Gasteiger partial charge in [-0.1, -0.05) is 6.07 Å². The number of carbonyl (C=O) groups excluding carboxylic acids is 1. The molecule has 1 atom stereocenters. The lowest BCUT2D eigenvalue weighted by atomic mass is 10.1. The molecule has 1 aliphatic heterocycles. The van der Waals surface area contributed by atoms with Gasteiger partial charge in [-0.2, -0.15) is 5.10 Å². The molecule has 1 saturated carbocycles. The lowest BCUT2D eigenvalue weighted by Crippen LogP contribution is -2.39. The molecular weight excluding hydrogens is 314 g/mol. The molecule has 0 unspecified atom stereocenters. The molecule has 0 aromatic carbocycles. The highest BCUT2D eigenvalue weighted by molar-refractivity contribution is 5.76. The van der Waals surface area contributed by atoms with E-state index in [4.69, 9.17) is 0 Å². The molecule has 2 aromatic rings. The molecule has 0 bridgehead atoms. The highest BCUT2D eigenvalue weighted by Crippen LogP contribution is 2.32. The highest BCUT2D eigenvalue weighted by atomic mass is 16.1. The van der Waals surface area contributed by atoms with Gasteiger partial charge in [0.05, 0.1) is 11.7 Å². The van der Waals surface area contributed by atoms with Crippen LogP contribution in [0.3, 0.4) is 0 Å². The van der Waals surface area contributed by atoms with Crippen LogP contribution in [0.2, 0.25) is 0 Å². The van der Waals surface area contributed by atoms with Crippen LogP contribution in [0.1, 0.15) is 43.0 Å². The third-order valence-electron chi connectivity index (χ3n) is 5.05. The first-order chi connectivity index (χ1) is 12.3. The zero-order chi connectivity index (χ0) is 17.1. The van der Waals surface area contributed by atoms with Gasteiger partial charge in [0.2, 0.25) is 5.91 Å². The predicted molar refractivity (Wildman–Crippen MR) is 94.6 cm³/mol. The quantitative estimate of drug-likeness (QED) is 0.839. The lowest BCUT2D eigenvalue weighted by molar-refractivity contribution is -0.121. The van der Waals surface area contributed by atoms with E-state index in [1.54, 1.807) is 0 Å². The Hall–Kier alpha value is -2.21. The Labute approximate surface area is 148 Å². The normalized spacial score (nSPS) is 20.2. The summed E-state index contributed by atoms with van der Waals surface area (Å²) in [6, 6.07) is 6.49. The second kappa shape index (κ2) is 7.35. The number of pyridine rings is 1. The van der Waals surface area contributed by atoms with Crippen LogP contribution in [-0.2, 0) is 17.9 Å². The maximum absolute atomic E-state index is 11.9. The van der Waals surface area contributed by atoms with Gasteiger partial charge in [0, 0.05) is 51.2 Å². The first-order valence-corrected chi connectivity index (χ1v) is 9.18. The third kappa shape index (κ3) is 4.25. The van der Waals surface area contributed by atoms with Gasteiger partial charge in [0.1, 0.15) is 0 Å². The minimum absolute atomic E-state index is 0.200.